The maximum absolute atomic E-state index is 12.4. The first-order chi connectivity index (χ1) is 25.5. The van der Waals surface area contributed by atoms with E-state index < -0.39 is 97.8 Å². The maximum Gasteiger partial charge on any atom is 0.186 e. The van der Waals surface area contributed by atoms with Crippen LogP contribution in [-0.2, 0) is 23.7 Å². The number of hydrogen-bond acceptors (Lipinski definition) is 15. The smallest absolute Gasteiger partial charge is 0.186 e. The lowest BCUT2D eigenvalue weighted by Crippen LogP contribution is -2.68. The van der Waals surface area contributed by atoms with Gasteiger partial charge in [0.15, 0.2) is 12.6 Å². The van der Waals surface area contributed by atoms with E-state index in [2.05, 4.69) is 13.8 Å². The predicted octanol–water partition coefficient (Wildman–Crippen LogP) is -0.568. The number of ether oxygens (including phenoxy) is 5. The fraction of sp³-hybridized carbons (Fsp3) is 0.949. The van der Waals surface area contributed by atoms with Gasteiger partial charge in [-0.1, -0.05) is 20.8 Å². The van der Waals surface area contributed by atoms with Crippen molar-refractivity contribution in [3.63, 3.8) is 0 Å². The Labute approximate surface area is 316 Å². The summed E-state index contributed by atoms with van der Waals surface area (Å²) in [6.07, 6.45) is -9.12. The summed E-state index contributed by atoms with van der Waals surface area (Å²) in [6, 6.07) is 0. The first-order valence-electron chi connectivity index (χ1n) is 20.1. The van der Waals surface area contributed by atoms with Crippen LogP contribution in [0.15, 0.2) is 11.3 Å². The number of aliphatic hydroxyl groups is 10. The summed E-state index contributed by atoms with van der Waals surface area (Å²) in [7, 11) is 0. The standard InChI is InChI=1S/C39H64O15/c1-17(16-50-35-33(47)31(45)29(43)25(14-40)53-35)5-6-23-18(2)28-24(52-23)12-22-20-7-10-39(49)13-19(51-36-34(48)32(46)30(44)26(15-41)54-36)11-27(42)38(39,4)21(20)8-9-37(22,28)3/h17,19-22,24-36,40-49H,5-16H2,1-4H3/t17-,19-,20+,21-,22-,24-,25+,26+,27+,28-,29+,30+,31-,32-,33+,34+,35+,36+,37-,38-,39-/m0/s1. The van der Waals surface area contributed by atoms with Gasteiger partial charge in [-0.2, -0.15) is 0 Å². The molecule has 0 aromatic carbocycles. The van der Waals surface area contributed by atoms with Gasteiger partial charge in [0.2, 0.25) is 0 Å². The Morgan fingerprint density at radius 2 is 1.43 bits per heavy atom. The maximum atomic E-state index is 12.4. The van der Waals surface area contributed by atoms with Crippen LogP contribution in [0.4, 0.5) is 0 Å². The molecule has 0 spiro atoms. The Bertz CT molecular complexity index is 1360. The second-order valence-corrected chi connectivity index (χ2v) is 18.3. The van der Waals surface area contributed by atoms with Gasteiger partial charge in [0.05, 0.1) is 43.4 Å². The summed E-state index contributed by atoms with van der Waals surface area (Å²) in [5, 5.41) is 105. The fourth-order valence-electron chi connectivity index (χ4n) is 12.3. The van der Waals surface area contributed by atoms with Gasteiger partial charge in [-0.25, -0.2) is 0 Å². The van der Waals surface area contributed by atoms with Crippen LogP contribution in [0, 0.1) is 40.4 Å². The highest BCUT2D eigenvalue weighted by Crippen LogP contribution is 2.70. The molecule has 2 saturated heterocycles. The number of allylic oxidation sites excluding steroid dienone is 1. The van der Waals surface area contributed by atoms with Gasteiger partial charge in [-0.3, -0.25) is 0 Å². The quantitative estimate of drug-likeness (QED) is 0.125. The van der Waals surface area contributed by atoms with Crippen molar-refractivity contribution in [1.82, 2.24) is 0 Å². The molecule has 310 valence electrons. The highest BCUT2D eigenvalue weighted by atomic mass is 16.7. The summed E-state index contributed by atoms with van der Waals surface area (Å²) in [4.78, 5) is 0. The lowest BCUT2D eigenvalue weighted by Gasteiger charge is -2.65. The van der Waals surface area contributed by atoms with Crippen LogP contribution in [0.2, 0.25) is 0 Å². The van der Waals surface area contributed by atoms with E-state index in [0.717, 1.165) is 44.3 Å². The minimum atomic E-state index is -1.57. The van der Waals surface area contributed by atoms with E-state index in [4.69, 9.17) is 23.7 Å². The summed E-state index contributed by atoms with van der Waals surface area (Å²) in [6.45, 7) is 7.82. The van der Waals surface area contributed by atoms with Crippen molar-refractivity contribution in [2.45, 2.75) is 171 Å². The van der Waals surface area contributed by atoms with Crippen molar-refractivity contribution in [3.8, 4) is 0 Å². The van der Waals surface area contributed by atoms with Gasteiger partial charge in [-0.05, 0) is 80.1 Å². The van der Waals surface area contributed by atoms with Gasteiger partial charge < -0.3 is 74.7 Å². The molecule has 0 aromatic rings. The van der Waals surface area contributed by atoms with Crippen molar-refractivity contribution in [3.05, 3.63) is 11.3 Å². The van der Waals surface area contributed by atoms with Crippen LogP contribution in [0.25, 0.3) is 0 Å². The van der Waals surface area contributed by atoms with E-state index in [0.29, 0.717) is 18.3 Å². The van der Waals surface area contributed by atoms with Gasteiger partial charge in [0, 0.05) is 30.6 Å². The topological polar surface area (TPSA) is 248 Å². The molecule has 0 radical (unpaired) electrons. The van der Waals surface area contributed by atoms with E-state index >= 15 is 0 Å². The molecule has 15 nitrogen and oxygen atoms in total. The normalized spacial score (nSPS) is 53.6. The van der Waals surface area contributed by atoms with Gasteiger partial charge >= 0.3 is 0 Å². The molecule has 0 unspecified atom stereocenters. The van der Waals surface area contributed by atoms with E-state index in [9.17, 15) is 51.1 Å². The van der Waals surface area contributed by atoms with Gasteiger partial charge in [-0.15, -0.1) is 0 Å². The van der Waals surface area contributed by atoms with Crippen LogP contribution in [0.5, 0.6) is 0 Å². The summed E-state index contributed by atoms with van der Waals surface area (Å²) >= 11 is 0. The van der Waals surface area contributed by atoms with Crippen LogP contribution >= 0.6 is 0 Å². The van der Waals surface area contributed by atoms with Crippen LogP contribution in [-0.4, -0.2) is 156 Å². The molecule has 7 rings (SSSR count). The Hall–Kier alpha value is -1.02. The van der Waals surface area contributed by atoms with E-state index in [1.807, 2.05) is 13.8 Å². The SMILES string of the molecule is CC1=C(CC[C@H](C)CO[C@@H]2O[C@H](CO)[C@@H](O)[C@H](O)[C@H]2O)O[C@H]2C[C@H]3[C@@H]4CC[C@]5(O)C[C@@H](O[C@@H]6O[C@H](CO)[C@@H](O)[C@H](O)[C@H]6O)C[C@@H](O)[C@]5(C)[C@H]4CC[C@]3(C)[C@@H]12. The minimum Gasteiger partial charge on any atom is -0.494 e. The Morgan fingerprint density at radius 1 is 0.796 bits per heavy atom. The molecule has 21 atom stereocenters. The molecule has 7 aliphatic rings. The fourth-order valence-corrected chi connectivity index (χ4v) is 12.3. The molecule has 0 amide bonds. The van der Waals surface area contributed by atoms with E-state index in [1.54, 1.807) is 0 Å². The number of hydrogen-bond donors (Lipinski definition) is 10. The monoisotopic (exact) mass is 772 g/mol. The van der Waals surface area contributed by atoms with Crippen molar-refractivity contribution in [2.24, 2.45) is 40.4 Å². The molecule has 10 N–H and O–H groups in total. The van der Waals surface area contributed by atoms with Crippen molar-refractivity contribution < 1.29 is 74.7 Å². The third-order valence-electron chi connectivity index (χ3n) is 15.5. The zero-order chi connectivity index (χ0) is 39.1. The van der Waals surface area contributed by atoms with E-state index in [1.165, 1.54) is 5.57 Å². The first kappa shape index (κ1) is 41.2. The van der Waals surface area contributed by atoms with Gasteiger partial charge in [0.1, 0.15) is 54.9 Å². The second kappa shape index (κ2) is 15.3. The number of aliphatic hydroxyl groups excluding tert-OH is 9. The Balaban J connectivity index is 0.969. The van der Waals surface area contributed by atoms with Crippen LogP contribution in [0.1, 0.15) is 85.5 Å². The van der Waals surface area contributed by atoms with Gasteiger partial charge in [0.25, 0.3) is 0 Å². The van der Waals surface area contributed by atoms with Crippen LogP contribution in [0.3, 0.4) is 0 Å². The highest BCUT2D eigenvalue weighted by molar-refractivity contribution is 5.27. The molecule has 3 heterocycles. The largest absolute Gasteiger partial charge is 0.494 e. The van der Waals surface area contributed by atoms with Crippen LogP contribution < -0.4 is 0 Å². The zero-order valence-corrected chi connectivity index (χ0v) is 31.9. The average Bonchev–Trinajstić information content (AvgIpc) is 3.62. The number of fused-ring (bicyclic) bond motifs is 7. The first-order valence-corrected chi connectivity index (χ1v) is 20.1. The summed E-state index contributed by atoms with van der Waals surface area (Å²) in [5.74, 6) is 2.13. The lowest BCUT2D eigenvalue weighted by atomic mass is 9.42. The molecule has 0 aromatic heterocycles. The number of rotatable bonds is 10. The van der Waals surface area contributed by atoms with Crippen molar-refractivity contribution >= 4 is 0 Å². The summed E-state index contributed by atoms with van der Waals surface area (Å²) < 4.78 is 29.7. The summed E-state index contributed by atoms with van der Waals surface area (Å²) in [5.41, 5.74) is -0.713. The Morgan fingerprint density at radius 3 is 2.07 bits per heavy atom. The molecule has 15 heteroatoms. The molecule has 4 aliphatic carbocycles. The third kappa shape index (κ3) is 6.59. The molecule has 3 aliphatic heterocycles. The average molecular weight is 773 g/mol. The molecule has 54 heavy (non-hydrogen) atoms. The lowest BCUT2D eigenvalue weighted by molar-refractivity contribution is -0.330. The van der Waals surface area contributed by atoms with E-state index in [-0.39, 0.29) is 48.7 Å². The molecular weight excluding hydrogens is 708 g/mol. The Kier molecular flexibility index (Phi) is 11.7. The van der Waals surface area contributed by atoms with Crippen molar-refractivity contribution in [1.29, 1.82) is 0 Å². The molecule has 0 bridgehead atoms. The minimum absolute atomic E-state index is 0.00961. The molecule has 6 fully saturated rings. The predicted molar refractivity (Wildman–Crippen MR) is 188 cm³/mol. The molecular formula is C39H64O15. The highest BCUT2D eigenvalue weighted by Gasteiger charge is 2.69. The second-order valence-electron chi connectivity index (χ2n) is 18.3. The zero-order valence-electron chi connectivity index (χ0n) is 31.9. The third-order valence-corrected chi connectivity index (χ3v) is 15.5. The van der Waals surface area contributed by atoms with Crippen molar-refractivity contribution in [2.75, 3.05) is 19.8 Å². The molecule has 4 saturated carbocycles.